The Bertz CT molecular complexity index is 298. The third-order valence-corrected chi connectivity index (χ3v) is 5.44. The average Bonchev–Trinajstić information content (AvgIpc) is 2.62. The third-order valence-electron chi connectivity index (χ3n) is 5.44. The second-order valence-corrected chi connectivity index (χ2v) is 7.66. The zero-order valence-corrected chi connectivity index (χ0v) is 14.8. The van der Waals surface area contributed by atoms with Crippen LogP contribution < -0.4 is 5.32 Å². The van der Waals surface area contributed by atoms with E-state index in [2.05, 4.69) is 33.0 Å². The van der Waals surface area contributed by atoms with Gasteiger partial charge < -0.3 is 5.32 Å². The van der Waals surface area contributed by atoms with E-state index in [4.69, 9.17) is 0 Å². The van der Waals surface area contributed by atoms with E-state index in [1.165, 1.54) is 51.4 Å². The van der Waals surface area contributed by atoms with Crippen LogP contribution in [0, 0.1) is 17.3 Å². The monoisotopic (exact) mass is 295 g/mol. The zero-order valence-electron chi connectivity index (χ0n) is 14.8. The highest BCUT2D eigenvalue weighted by Gasteiger charge is 2.33. The first-order chi connectivity index (χ1) is 10.0. The molecule has 1 aliphatic heterocycles. The van der Waals surface area contributed by atoms with Gasteiger partial charge in [-0.25, -0.2) is 0 Å². The molecule has 2 unspecified atom stereocenters. The summed E-state index contributed by atoms with van der Waals surface area (Å²) < 4.78 is 0. The number of rotatable bonds is 9. The summed E-state index contributed by atoms with van der Waals surface area (Å²) in [7, 11) is 0. The van der Waals surface area contributed by atoms with Gasteiger partial charge in [0.1, 0.15) is 0 Å². The van der Waals surface area contributed by atoms with Crippen LogP contribution in [0.4, 0.5) is 0 Å². The molecule has 2 atom stereocenters. The van der Waals surface area contributed by atoms with Gasteiger partial charge in [0.2, 0.25) is 5.91 Å². The molecule has 0 radical (unpaired) electrons. The van der Waals surface area contributed by atoms with Crippen molar-refractivity contribution >= 4 is 5.91 Å². The van der Waals surface area contributed by atoms with Gasteiger partial charge >= 0.3 is 0 Å². The molecule has 1 fully saturated rings. The Kier molecular flexibility index (Phi) is 8.36. The molecule has 0 spiro atoms. The molecule has 1 heterocycles. The van der Waals surface area contributed by atoms with Gasteiger partial charge in [-0.15, -0.1) is 0 Å². The van der Waals surface area contributed by atoms with Crippen molar-refractivity contribution in [1.29, 1.82) is 0 Å². The Labute approximate surface area is 132 Å². The van der Waals surface area contributed by atoms with Crippen molar-refractivity contribution in [2.45, 2.75) is 91.9 Å². The average molecular weight is 296 g/mol. The number of nitrogens with one attached hydrogen (secondary N) is 1. The molecule has 0 aromatic carbocycles. The van der Waals surface area contributed by atoms with Crippen LogP contribution in [0.3, 0.4) is 0 Å². The Morgan fingerprint density at radius 3 is 2.38 bits per heavy atom. The Morgan fingerprint density at radius 2 is 1.71 bits per heavy atom. The van der Waals surface area contributed by atoms with E-state index in [-0.39, 0.29) is 5.92 Å². The normalized spacial score (nSPS) is 23.7. The summed E-state index contributed by atoms with van der Waals surface area (Å²) in [5.41, 5.74) is 0.362. The fourth-order valence-corrected chi connectivity index (χ4v) is 3.62. The van der Waals surface area contributed by atoms with Gasteiger partial charge in [-0.2, -0.15) is 0 Å². The lowest BCUT2D eigenvalue weighted by Gasteiger charge is -2.34. The number of hydrogen-bond acceptors (Lipinski definition) is 1. The quantitative estimate of drug-likeness (QED) is 0.573. The highest BCUT2D eigenvalue weighted by Crippen LogP contribution is 2.37. The molecule has 1 rings (SSSR count). The second-order valence-electron chi connectivity index (χ2n) is 7.66. The van der Waals surface area contributed by atoms with Crippen molar-refractivity contribution < 1.29 is 4.79 Å². The minimum atomic E-state index is 0.271. The van der Waals surface area contributed by atoms with E-state index in [0.29, 0.717) is 17.2 Å². The maximum Gasteiger partial charge on any atom is 0.223 e. The molecule has 2 nitrogen and oxygen atoms in total. The van der Waals surface area contributed by atoms with Crippen LogP contribution in [0.15, 0.2) is 0 Å². The number of hydrogen-bond donors (Lipinski definition) is 1. The van der Waals surface area contributed by atoms with Gasteiger partial charge in [-0.05, 0) is 37.0 Å². The van der Waals surface area contributed by atoms with Gasteiger partial charge in [-0.3, -0.25) is 4.79 Å². The predicted molar refractivity (Wildman–Crippen MR) is 91.3 cm³/mol. The van der Waals surface area contributed by atoms with Crippen LogP contribution in [0.2, 0.25) is 0 Å². The van der Waals surface area contributed by atoms with E-state index in [1.807, 2.05) is 0 Å². The van der Waals surface area contributed by atoms with Crippen molar-refractivity contribution in [3.63, 3.8) is 0 Å². The van der Waals surface area contributed by atoms with Crippen LogP contribution in [0.25, 0.3) is 0 Å². The Morgan fingerprint density at radius 1 is 1.05 bits per heavy atom. The maximum absolute atomic E-state index is 12.2. The van der Waals surface area contributed by atoms with E-state index >= 15 is 0 Å². The van der Waals surface area contributed by atoms with Gasteiger partial charge in [0.25, 0.3) is 0 Å². The van der Waals surface area contributed by atoms with Crippen molar-refractivity contribution in [3.8, 4) is 0 Å². The van der Waals surface area contributed by atoms with Gasteiger partial charge in [0, 0.05) is 12.5 Å². The fourth-order valence-electron chi connectivity index (χ4n) is 3.62. The lowest BCUT2D eigenvalue weighted by molar-refractivity contribution is -0.125. The van der Waals surface area contributed by atoms with E-state index in [1.54, 1.807) is 0 Å². The molecule has 21 heavy (non-hydrogen) atoms. The minimum absolute atomic E-state index is 0.271. The molecule has 1 saturated heterocycles. The molecular formula is C19H37NO. The first kappa shape index (κ1) is 18.5. The summed E-state index contributed by atoms with van der Waals surface area (Å²) in [5, 5.41) is 3.23. The van der Waals surface area contributed by atoms with Crippen LogP contribution in [0.1, 0.15) is 91.9 Å². The van der Waals surface area contributed by atoms with Crippen molar-refractivity contribution in [2.24, 2.45) is 17.3 Å². The molecule has 2 heteroatoms. The van der Waals surface area contributed by atoms with Gasteiger partial charge in [0.15, 0.2) is 0 Å². The van der Waals surface area contributed by atoms with Crippen molar-refractivity contribution in [3.05, 3.63) is 0 Å². The highest BCUT2D eigenvalue weighted by molar-refractivity contribution is 5.78. The molecule has 0 aromatic heterocycles. The maximum atomic E-state index is 12.2. The van der Waals surface area contributed by atoms with Gasteiger partial charge in [0.05, 0.1) is 0 Å². The highest BCUT2D eigenvalue weighted by atomic mass is 16.1. The second kappa shape index (κ2) is 9.48. The van der Waals surface area contributed by atoms with E-state index in [9.17, 15) is 4.79 Å². The number of unbranched alkanes of at least 4 members (excludes halogenated alkanes) is 4. The molecule has 1 amide bonds. The van der Waals surface area contributed by atoms with Crippen LogP contribution in [-0.2, 0) is 4.79 Å². The Balaban J connectivity index is 2.47. The molecular weight excluding hydrogens is 258 g/mol. The summed E-state index contributed by atoms with van der Waals surface area (Å²) in [4.78, 5) is 12.2. The summed E-state index contributed by atoms with van der Waals surface area (Å²) in [5.74, 6) is 1.24. The van der Waals surface area contributed by atoms with E-state index in [0.717, 1.165) is 19.4 Å². The summed E-state index contributed by atoms with van der Waals surface area (Å²) >= 11 is 0. The first-order valence-electron chi connectivity index (χ1n) is 9.29. The minimum Gasteiger partial charge on any atom is -0.356 e. The number of carbonyl (C=O) groups excluding carboxylic acids is 1. The molecule has 1 N–H and O–H groups in total. The Hall–Kier alpha value is -0.530. The lowest BCUT2D eigenvalue weighted by atomic mass is 9.72. The van der Waals surface area contributed by atoms with Crippen LogP contribution >= 0.6 is 0 Å². The summed E-state index contributed by atoms with van der Waals surface area (Å²) in [6, 6.07) is 0. The zero-order chi connectivity index (χ0) is 15.7. The van der Waals surface area contributed by atoms with Crippen molar-refractivity contribution in [1.82, 2.24) is 5.32 Å². The third kappa shape index (κ3) is 6.40. The van der Waals surface area contributed by atoms with Crippen LogP contribution in [-0.4, -0.2) is 12.5 Å². The predicted octanol–water partition coefficient (Wildman–Crippen LogP) is 5.32. The van der Waals surface area contributed by atoms with Crippen LogP contribution in [0.5, 0.6) is 0 Å². The first-order valence-corrected chi connectivity index (χ1v) is 9.29. The van der Waals surface area contributed by atoms with Gasteiger partial charge in [-0.1, -0.05) is 66.2 Å². The molecule has 0 saturated carbocycles. The lowest BCUT2D eigenvalue weighted by Crippen LogP contribution is -2.35. The molecule has 0 bridgehead atoms. The van der Waals surface area contributed by atoms with E-state index < -0.39 is 0 Å². The molecule has 0 aromatic rings. The standard InChI is InChI=1S/C19H37NO/c1-5-7-9-11-16-12-13-17(15-20-18(16)21)19(3,4)14-10-8-6-2/h16-17H,5-15H2,1-4H3,(H,20,21). The summed E-state index contributed by atoms with van der Waals surface area (Å²) in [6.45, 7) is 10.2. The smallest absolute Gasteiger partial charge is 0.223 e. The number of amides is 1. The SMILES string of the molecule is CCCCCC1CCC(C(C)(C)CCCCC)CNC1=O. The fraction of sp³-hybridized carbons (Fsp3) is 0.947. The largest absolute Gasteiger partial charge is 0.356 e. The topological polar surface area (TPSA) is 29.1 Å². The molecule has 0 aliphatic carbocycles. The molecule has 124 valence electrons. The van der Waals surface area contributed by atoms with Crippen molar-refractivity contribution in [2.75, 3.05) is 6.54 Å². The molecule has 1 aliphatic rings. The summed E-state index contributed by atoms with van der Waals surface area (Å²) in [6.07, 6.45) is 12.3. The number of carbonyl (C=O) groups is 1.